The fourth-order valence-corrected chi connectivity index (χ4v) is 8.36. The van der Waals surface area contributed by atoms with Crippen molar-refractivity contribution in [3.8, 4) is 0 Å². The molecule has 0 bridgehead atoms. The molecule has 0 aliphatic carbocycles. The van der Waals surface area contributed by atoms with E-state index in [1.165, 1.54) is 205 Å². The molecule has 0 aliphatic heterocycles. The Balaban J connectivity index is 4.28. The third-order valence-corrected chi connectivity index (χ3v) is 12.9. The highest BCUT2D eigenvalue weighted by Gasteiger charge is 2.19. The van der Waals surface area contributed by atoms with Crippen molar-refractivity contribution < 1.29 is 28.6 Å². The Morgan fingerprint density at radius 2 is 0.574 bits per heavy atom. The van der Waals surface area contributed by atoms with E-state index in [1.807, 2.05) is 0 Å². The number of hydrogen-bond donors (Lipinski definition) is 0. The topological polar surface area (TPSA) is 78.9 Å². The van der Waals surface area contributed by atoms with E-state index in [1.54, 1.807) is 0 Å². The van der Waals surface area contributed by atoms with Crippen LogP contribution in [0.25, 0.3) is 0 Å². The minimum Gasteiger partial charge on any atom is -0.462 e. The van der Waals surface area contributed by atoms with Crippen molar-refractivity contribution in [2.24, 2.45) is 5.92 Å². The number of ether oxygens (including phenoxy) is 3. The first kappa shape index (κ1) is 59.4. The molecular formula is C55H106O6. The van der Waals surface area contributed by atoms with Crippen LogP contribution in [0.4, 0.5) is 0 Å². The molecule has 61 heavy (non-hydrogen) atoms. The Hall–Kier alpha value is -1.59. The molecule has 1 unspecified atom stereocenters. The maximum Gasteiger partial charge on any atom is 0.306 e. The van der Waals surface area contributed by atoms with Crippen LogP contribution in [0.15, 0.2) is 0 Å². The molecule has 0 aromatic carbocycles. The molecular weight excluding hydrogens is 757 g/mol. The van der Waals surface area contributed by atoms with E-state index in [-0.39, 0.29) is 31.1 Å². The minimum absolute atomic E-state index is 0.0624. The second-order valence-corrected chi connectivity index (χ2v) is 19.1. The van der Waals surface area contributed by atoms with Crippen LogP contribution in [0.3, 0.4) is 0 Å². The van der Waals surface area contributed by atoms with Gasteiger partial charge in [-0.3, -0.25) is 14.4 Å². The highest BCUT2D eigenvalue weighted by molar-refractivity contribution is 5.71. The number of rotatable bonds is 50. The van der Waals surface area contributed by atoms with Gasteiger partial charge in [0, 0.05) is 19.3 Å². The first-order valence-corrected chi connectivity index (χ1v) is 27.4. The second kappa shape index (κ2) is 49.4. The lowest BCUT2D eigenvalue weighted by atomic mass is 9.99. The molecule has 0 amide bonds. The van der Waals surface area contributed by atoms with Gasteiger partial charge in [0.2, 0.25) is 0 Å². The number of esters is 3. The van der Waals surface area contributed by atoms with Crippen LogP contribution < -0.4 is 0 Å². The summed E-state index contributed by atoms with van der Waals surface area (Å²) in [5.74, 6) is 0.0291. The Morgan fingerprint density at radius 1 is 0.328 bits per heavy atom. The highest BCUT2D eigenvalue weighted by Crippen LogP contribution is 2.18. The Morgan fingerprint density at radius 3 is 0.852 bits per heavy atom. The van der Waals surface area contributed by atoms with Crippen LogP contribution >= 0.6 is 0 Å². The van der Waals surface area contributed by atoms with Crippen LogP contribution in [-0.2, 0) is 28.6 Å². The SMILES string of the molecule is CCCCCCCCCCCCCCCCCCCC(=O)OC[C@H](COC(=O)CCCCCCCCCCCCC(C)CC)OC(=O)CCCCCCCCCCCCCC. The van der Waals surface area contributed by atoms with Crippen LogP contribution in [0, 0.1) is 5.92 Å². The zero-order valence-corrected chi connectivity index (χ0v) is 41.6. The number of carbonyl (C=O) groups is 3. The average Bonchev–Trinajstić information content (AvgIpc) is 3.26. The summed E-state index contributed by atoms with van der Waals surface area (Å²) in [4.78, 5) is 38.0. The molecule has 0 N–H and O–H groups in total. The van der Waals surface area contributed by atoms with Crippen LogP contribution in [-0.4, -0.2) is 37.2 Å². The van der Waals surface area contributed by atoms with E-state index in [0.29, 0.717) is 19.3 Å². The summed E-state index contributed by atoms with van der Waals surface area (Å²) in [5, 5.41) is 0. The molecule has 362 valence electrons. The molecule has 2 atom stereocenters. The lowest BCUT2D eigenvalue weighted by Gasteiger charge is -2.18. The fraction of sp³-hybridized carbons (Fsp3) is 0.945. The number of hydrogen-bond acceptors (Lipinski definition) is 6. The maximum atomic E-state index is 12.8. The highest BCUT2D eigenvalue weighted by atomic mass is 16.6. The molecule has 0 aromatic rings. The van der Waals surface area contributed by atoms with Crippen LogP contribution in [0.2, 0.25) is 0 Å². The number of unbranched alkanes of at least 4 members (excludes halogenated alkanes) is 36. The first-order chi connectivity index (χ1) is 29.9. The molecule has 6 nitrogen and oxygen atoms in total. The molecule has 0 aromatic heterocycles. The predicted octanol–water partition coefficient (Wildman–Crippen LogP) is 17.8. The van der Waals surface area contributed by atoms with Gasteiger partial charge in [0.05, 0.1) is 0 Å². The first-order valence-electron chi connectivity index (χ1n) is 27.4. The Labute approximate surface area is 380 Å². The molecule has 6 heteroatoms. The van der Waals surface area contributed by atoms with Crippen LogP contribution in [0.1, 0.15) is 310 Å². The molecule has 0 radical (unpaired) electrons. The van der Waals surface area contributed by atoms with Crippen molar-refractivity contribution in [3.05, 3.63) is 0 Å². The molecule has 0 aliphatic rings. The lowest BCUT2D eigenvalue weighted by Crippen LogP contribution is -2.30. The van der Waals surface area contributed by atoms with Crippen molar-refractivity contribution in [1.29, 1.82) is 0 Å². The van der Waals surface area contributed by atoms with E-state index < -0.39 is 6.10 Å². The second-order valence-electron chi connectivity index (χ2n) is 19.1. The van der Waals surface area contributed by atoms with Crippen molar-refractivity contribution in [2.45, 2.75) is 316 Å². The van der Waals surface area contributed by atoms with Gasteiger partial charge in [-0.2, -0.15) is 0 Å². The van der Waals surface area contributed by atoms with Crippen molar-refractivity contribution in [1.82, 2.24) is 0 Å². The fourth-order valence-electron chi connectivity index (χ4n) is 8.36. The van der Waals surface area contributed by atoms with Crippen molar-refractivity contribution >= 4 is 17.9 Å². The van der Waals surface area contributed by atoms with Crippen LogP contribution in [0.5, 0.6) is 0 Å². The zero-order valence-electron chi connectivity index (χ0n) is 41.6. The van der Waals surface area contributed by atoms with Gasteiger partial charge in [-0.1, -0.05) is 272 Å². The summed E-state index contributed by atoms with van der Waals surface area (Å²) in [5.41, 5.74) is 0. The summed E-state index contributed by atoms with van der Waals surface area (Å²) < 4.78 is 16.8. The summed E-state index contributed by atoms with van der Waals surface area (Å²) in [6.45, 7) is 9.06. The monoisotopic (exact) mass is 863 g/mol. The molecule has 0 spiro atoms. The zero-order chi connectivity index (χ0) is 44.5. The van der Waals surface area contributed by atoms with Gasteiger partial charge in [-0.05, 0) is 25.2 Å². The normalized spacial score (nSPS) is 12.4. The predicted molar refractivity (Wildman–Crippen MR) is 261 cm³/mol. The third kappa shape index (κ3) is 47.7. The van der Waals surface area contributed by atoms with Crippen molar-refractivity contribution in [2.75, 3.05) is 13.2 Å². The van der Waals surface area contributed by atoms with Gasteiger partial charge < -0.3 is 14.2 Å². The van der Waals surface area contributed by atoms with Gasteiger partial charge in [0.1, 0.15) is 13.2 Å². The van der Waals surface area contributed by atoms with E-state index >= 15 is 0 Å². The van der Waals surface area contributed by atoms with Gasteiger partial charge >= 0.3 is 17.9 Å². The molecule has 0 saturated heterocycles. The summed E-state index contributed by atoms with van der Waals surface area (Å²) in [6, 6.07) is 0. The Bertz CT molecular complexity index is 920. The van der Waals surface area contributed by atoms with Gasteiger partial charge in [0.15, 0.2) is 6.10 Å². The third-order valence-electron chi connectivity index (χ3n) is 12.9. The summed E-state index contributed by atoms with van der Waals surface area (Å²) >= 11 is 0. The molecule has 0 saturated carbocycles. The maximum absolute atomic E-state index is 12.8. The van der Waals surface area contributed by atoms with Gasteiger partial charge in [-0.15, -0.1) is 0 Å². The van der Waals surface area contributed by atoms with Gasteiger partial charge in [-0.25, -0.2) is 0 Å². The molecule has 0 rings (SSSR count). The minimum atomic E-state index is -0.761. The van der Waals surface area contributed by atoms with E-state index in [4.69, 9.17) is 14.2 Å². The largest absolute Gasteiger partial charge is 0.462 e. The molecule has 0 heterocycles. The Kier molecular flexibility index (Phi) is 48.1. The lowest BCUT2D eigenvalue weighted by molar-refractivity contribution is -0.167. The molecule has 0 fully saturated rings. The summed E-state index contributed by atoms with van der Waals surface area (Å²) in [7, 11) is 0. The standard InChI is InChI=1S/C55H106O6/c1-5-8-10-12-14-16-18-20-21-22-23-24-26-30-34-38-42-46-53(56)59-49-52(61-55(58)48-44-40-36-32-25-19-17-15-13-11-9-6-2)50-60-54(57)47-43-39-35-31-28-27-29-33-37-41-45-51(4)7-3/h51-52H,5-50H2,1-4H3/t51?,52-/m1/s1. The van der Waals surface area contributed by atoms with E-state index in [0.717, 1.165) is 63.7 Å². The smallest absolute Gasteiger partial charge is 0.306 e. The van der Waals surface area contributed by atoms with E-state index in [9.17, 15) is 14.4 Å². The quantitative estimate of drug-likeness (QED) is 0.0344. The number of carbonyl (C=O) groups excluding carboxylic acids is 3. The summed E-state index contributed by atoms with van der Waals surface area (Å²) in [6.07, 6.45) is 52.2. The average molecular weight is 863 g/mol. The van der Waals surface area contributed by atoms with Gasteiger partial charge in [0.25, 0.3) is 0 Å². The van der Waals surface area contributed by atoms with Crippen molar-refractivity contribution in [3.63, 3.8) is 0 Å². The van der Waals surface area contributed by atoms with E-state index in [2.05, 4.69) is 27.7 Å².